The van der Waals surface area contributed by atoms with Crippen molar-refractivity contribution in [2.24, 2.45) is 0 Å². The molecule has 0 saturated carbocycles. The highest BCUT2D eigenvalue weighted by Gasteiger charge is 2.14. The standard InChI is InChI=1S/C15H23ClN2O/c1-5-7-11(6-2)17-12-8-9-14(16)13(10-12)15(19)18(3)4/h8-11,17H,5-7H2,1-4H3. The van der Waals surface area contributed by atoms with Gasteiger partial charge in [0.05, 0.1) is 10.6 Å². The first kappa shape index (κ1) is 15.8. The highest BCUT2D eigenvalue weighted by atomic mass is 35.5. The van der Waals surface area contributed by atoms with E-state index in [1.807, 2.05) is 12.1 Å². The molecule has 0 fully saturated rings. The summed E-state index contributed by atoms with van der Waals surface area (Å²) in [6.07, 6.45) is 3.33. The van der Waals surface area contributed by atoms with Crippen LogP contribution in [0, 0.1) is 0 Å². The first-order valence-corrected chi connectivity index (χ1v) is 7.15. The molecule has 1 aromatic rings. The quantitative estimate of drug-likeness (QED) is 0.854. The third kappa shape index (κ3) is 4.43. The van der Waals surface area contributed by atoms with Gasteiger partial charge < -0.3 is 10.2 Å². The van der Waals surface area contributed by atoms with E-state index in [-0.39, 0.29) is 5.91 Å². The normalized spacial score (nSPS) is 12.1. The third-order valence-corrected chi connectivity index (χ3v) is 3.43. The van der Waals surface area contributed by atoms with Crippen LogP contribution in [0.2, 0.25) is 5.02 Å². The van der Waals surface area contributed by atoms with Crippen LogP contribution in [0.4, 0.5) is 5.69 Å². The molecule has 0 spiro atoms. The van der Waals surface area contributed by atoms with Gasteiger partial charge in [0.25, 0.3) is 5.91 Å². The lowest BCUT2D eigenvalue weighted by Crippen LogP contribution is -2.23. The predicted molar refractivity (Wildman–Crippen MR) is 82.1 cm³/mol. The van der Waals surface area contributed by atoms with Crippen LogP contribution >= 0.6 is 11.6 Å². The Morgan fingerprint density at radius 1 is 1.37 bits per heavy atom. The molecule has 0 radical (unpaired) electrons. The Balaban J connectivity index is 2.92. The first-order valence-electron chi connectivity index (χ1n) is 6.77. The average molecular weight is 283 g/mol. The lowest BCUT2D eigenvalue weighted by atomic mass is 10.1. The molecular formula is C15H23ClN2O. The lowest BCUT2D eigenvalue weighted by molar-refractivity contribution is 0.0828. The van der Waals surface area contributed by atoms with Crippen molar-refractivity contribution in [2.45, 2.75) is 39.2 Å². The maximum Gasteiger partial charge on any atom is 0.254 e. The summed E-state index contributed by atoms with van der Waals surface area (Å²) in [5, 5.41) is 3.95. The lowest BCUT2D eigenvalue weighted by Gasteiger charge is -2.19. The molecule has 1 unspecified atom stereocenters. The summed E-state index contributed by atoms with van der Waals surface area (Å²) in [7, 11) is 3.45. The van der Waals surface area contributed by atoms with E-state index in [0.717, 1.165) is 24.9 Å². The molecule has 4 heteroatoms. The zero-order chi connectivity index (χ0) is 14.4. The fourth-order valence-corrected chi connectivity index (χ4v) is 2.18. The van der Waals surface area contributed by atoms with Gasteiger partial charge in [-0.2, -0.15) is 0 Å². The molecule has 0 heterocycles. The minimum absolute atomic E-state index is 0.0720. The number of carbonyl (C=O) groups excluding carboxylic acids is 1. The summed E-state index contributed by atoms with van der Waals surface area (Å²) in [6, 6.07) is 5.98. The zero-order valence-corrected chi connectivity index (χ0v) is 12.9. The van der Waals surface area contributed by atoms with Crippen molar-refractivity contribution >= 4 is 23.2 Å². The van der Waals surface area contributed by atoms with Crippen molar-refractivity contribution < 1.29 is 4.79 Å². The van der Waals surface area contributed by atoms with Gasteiger partial charge in [0.15, 0.2) is 0 Å². The van der Waals surface area contributed by atoms with Gasteiger partial charge >= 0.3 is 0 Å². The second-order valence-corrected chi connectivity index (χ2v) is 5.34. The molecule has 3 nitrogen and oxygen atoms in total. The van der Waals surface area contributed by atoms with E-state index in [2.05, 4.69) is 19.2 Å². The second-order valence-electron chi connectivity index (χ2n) is 4.93. The molecule has 1 rings (SSSR count). The third-order valence-electron chi connectivity index (χ3n) is 3.10. The molecule has 0 aliphatic carbocycles. The Labute approximate surface area is 120 Å². The highest BCUT2D eigenvalue weighted by Crippen LogP contribution is 2.23. The summed E-state index contributed by atoms with van der Waals surface area (Å²) in [5.74, 6) is -0.0720. The number of carbonyl (C=O) groups is 1. The monoisotopic (exact) mass is 282 g/mol. The fraction of sp³-hybridized carbons (Fsp3) is 0.533. The molecule has 0 aliphatic rings. The molecule has 106 valence electrons. The molecule has 1 N–H and O–H groups in total. The van der Waals surface area contributed by atoms with Crippen LogP contribution in [0.15, 0.2) is 18.2 Å². The van der Waals surface area contributed by atoms with E-state index >= 15 is 0 Å². The molecule has 1 aromatic carbocycles. The van der Waals surface area contributed by atoms with Gasteiger partial charge in [0.2, 0.25) is 0 Å². The molecule has 0 aliphatic heterocycles. The zero-order valence-electron chi connectivity index (χ0n) is 12.2. The van der Waals surface area contributed by atoms with E-state index in [9.17, 15) is 4.79 Å². The molecule has 1 amide bonds. The number of rotatable bonds is 6. The Hall–Kier alpha value is -1.22. The van der Waals surface area contributed by atoms with Crippen molar-refractivity contribution in [1.82, 2.24) is 4.90 Å². The molecule has 0 bridgehead atoms. The minimum atomic E-state index is -0.0720. The molecule has 0 saturated heterocycles. The number of halogens is 1. The van der Waals surface area contributed by atoms with Crippen molar-refractivity contribution in [3.8, 4) is 0 Å². The van der Waals surface area contributed by atoms with E-state index in [1.165, 1.54) is 4.90 Å². The molecular weight excluding hydrogens is 260 g/mol. The van der Waals surface area contributed by atoms with Gasteiger partial charge in [0.1, 0.15) is 0 Å². The van der Waals surface area contributed by atoms with Gasteiger partial charge in [-0.05, 0) is 31.0 Å². The number of benzene rings is 1. The maximum absolute atomic E-state index is 12.0. The topological polar surface area (TPSA) is 32.3 Å². The summed E-state index contributed by atoms with van der Waals surface area (Å²) in [6.45, 7) is 4.34. The smallest absolute Gasteiger partial charge is 0.254 e. The molecule has 1 atom stereocenters. The number of anilines is 1. The van der Waals surface area contributed by atoms with Crippen molar-refractivity contribution in [3.63, 3.8) is 0 Å². The van der Waals surface area contributed by atoms with Gasteiger partial charge in [-0.1, -0.05) is 31.9 Å². The van der Waals surface area contributed by atoms with Crippen LogP contribution in [-0.4, -0.2) is 30.9 Å². The van der Waals surface area contributed by atoms with Crippen LogP contribution in [0.5, 0.6) is 0 Å². The van der Waals surface area contributed by atoms with Crippen molar-refractivity contribution in [2.75, 3.05) is 19.4 Å². The molecule has 0 aromatic heterocycles. The van der Waals surface area contributed by atoms with E-state index in [1.54, 1.807) is 20.2 Å². The number of amides is 1. The average Bonchev–Trinajstić information content (AvgIpc) is 2.39. The highest BCUT2D eigenvalue weighted by molar-refractivity contribution is 6.34. The summed E-state index contributed by atoms with van der Waals surface area (Å²) < 4.78 is 0. The first-order chi connectivity index (χ1) is 8.99. The predicted octanol–water partition coefficient (Wildman–Crippen LogP) is 4.03. The van der Waals surface area contributed by atoms with Crippen molar-refractivity contribution in [1.29, 1.82) is 0 Å². The Morgan fingerprint density at radius 3 is 2.58 bits per heavy atom. The van der Waals surface area contributed by atoms with Crippen LogP contribution in [-0.2, 0) is 0 Å². The maximum atomic E-state index is 12.0. The van der Waals surface area contributed by atoms with Gasteiger partial charge in [-0.15, -0.1) is 0 Å². The summed E-state index contributed by atoms with van der Waals surface area (Å²) >= 11 is 6.09. The van der Waals surface area contributed by atoms with Crippen molar-refractivity contribution in [3.05, 3.63) is 28.8 Å². The largest absolute Gasteiger partial charge is 0.382 e. The number of hydrogen-bond donors (Lipinski definition) is 1. The minimum Gasteiger partial charge on any atom is -0.382 e. The van der Waals surface area contributed by atoms with Gasteiger partial charge in [0, 0.05) is 25.8 Å². The second kappa shape index (κ2) is 7.39. The van der Waals surface area contributed by atoms with Crippen LogP contribution in [0.25, 0.3) is 0 Å². The van der Waals surface area contributed by atoms with Gasteiger partial charge in [-0.3, -0.25) is 4.79 Å². The van der Waals surface area contributed by atoms with E-state index in [0.29, 0.717) is 16.6 Å². The SMILES string of the molecule is CCCC(CC)Nc1ccc(Cl)c(C(=O)N(C)C)c1. The summed E-state index contributed by atoms with van der Waals surface area (Å²) in [4.78, 5) is 13.5. The van der Waals surface area contributed by atoms with Crippen LogP contribution < -0.4 is 5.32 Å². The Morgan fingerprint density at radius 2 is 2.05 bits per heavy atom. The fourth-order valence-electron chi connectivity index (χ4n) is 1.98. The summed E-state index contributed by atoms with van der Waals surface area (Å²) in [5.41, 5.74) is 1.50. The number of nitrogens with zero attached hydrogens (tertiary/aromatic N) is 1. The molecule has 19 heavy (non-hydrogen) atoms. The van der Waals surface area contributed by atoms with Crippen LogP contribution in [0.1, 0.15) is 43.5 Å². The van der Waals surface area contributed by atoms with E-state index in [4.69, 9.17) is 11.6 Å². The Kier molecular flexibility index (Phi) is 6.16. The Bertz CT molecular complexity index is 432. The van der Waals surface area contributed by atoms with Crippen LogP contribution in [0.3, 0.4) is 0 Å². The van der Waals surface area contributed by atoms with Gasteiger partial charge in [-0.25, -0.2) is 0 Å². The number of nitrogens with one attached hydrogen (secondary N) is 1. The number of hydrogen-bond acceptors (Lipinski definition) is 2. The van der Waals surface area contributed by atoms with E-state index < -0.39 is 0 Å².